The Labute approximate surface area is 110 Å². The van der Waals surface area contributed by atoms with Crippen molar-refractivity contribution < 1.29 is 19.1 Å². The highest BCUT2D eigenvalue weighted by atomic mass is 16.7. The molecule has 1 unspecified atom stereocenters. The van der Waals surface area contributed by atoms with E-state index in [1.807, 2.05) is 18.2 Å². The van der Waals surface area contributed by atoms with Crippen LogP contribution in [0.2, 0.25) is 0 Å². The van der Waals surface area contributed by atoms with Gasteiger partial charge >= 0.3 is 0 Å². The highest BCUT2D eigenvalue weighted by molar-refractivity contribution is 5.99. The number of nitrogens with one attached hydrogen (secondary N) is 1. The number of amides is 2. The van der Waals surface area contributed by atoms with E-state index < -0.39 is 11.8 Å². The molecule has 2 amide bonds. The van der Waals surface area contributed by atoms with Crippen LogP contribution in [0.15, 0.2) is 18.2 Å². The molecule has 1 aromatic carbocycles. The summed E-state index contributed by atoms with van der Waals surface area (Å²) in [6.07, 6.45) is 0.647. The number of carbonyl (C=O) groups excluding carboxylic acids is 2. The Balaban J connectivity index is 1.83. The number of carbonyl (C=O) groups is 2. The standard InChI is InChI=1S/C13H16N2O4/c1-8(12(14)16)13(17)15-5-4-9-2-3-10-11(6-9)19-7-18-10/h2-3,6,8H,4-5,7H2,1H3,(H2,14,16)(H,15,17). The van der Waals surface area contributed by atoms with Crippen LogP contribution in [0.5, 0.6) is 11.5 Å². The quantitative estimate of drug-likeness (QED) is 0.743. The van der Waals surface area contributed by atoms with E-state index in [9.17, 15) is 9.59 Å². The molecule has 1 aliphatic rings. The van der Waals surface area contributed by atoms with E-state index in [4.69, 9.17) is 15.2 Å². The minimum absolute atomic E-state index is 0.242. The number of fused-ring (bicyclic) bond motifs is 1. The molecule has 102 valence electrons. The van der Waals surface area contributed by atoms with E-state index in [2.05, 4.69) is 5.32 Å². The lowest BCUT2D eigenvalue weighted by atomic mass is 10.1. The summed E-state index contributed by atoms with van der Waals surface area (Å²) < 4.78 is 10.5. The number of ether oxygens (including phenoxy) is 2. The third-order valence-electron chi connectivity index (χ3n) is 2.97. The zero-order valence-electron chi connectivity index (χ0n) is 10.6. The number of rotatable bonds is 5. The second-order valence-electron chi connectivity index (χ2n) is 4.35. The lowest BCUT2D eigenvalue weighted by Gasteiger charge is -2.09. The van der Waals surface area contributed by atoms with E-state index in [1.165, 1.54) is 6.92 Å². The number of primary amides is 1. The van der Waals surface area contributed by atoms with Crippen LogP contribution in [0.3, 0.4) is 0 Å². The first-order chi connectivity index (χ1) is 9.08. The van der Waals surface area contributed by atoms with Gasteiger partial charge in [-0.2, -0.15) is 0 Å². The maximum absolute atomic E-state index is 11.5. The van der Waals surface area contributed by atoms with Gasteiger partial charge in [-0.25, -0.2) is 0 Å². The van der Waals surface area contributed by atoms with Crippen molar-refractivity contribution in [2.45, 2.75) is 13.3 Å². The van der Waals surface area contributed by atoms with Crippen LogP contribution in [-0.4, -0.2) is 25.2 Å². The minimum atomic E-state index is -0.809. The molecule has 0 aromatic heterocycles. The molecule has 6 nitrogen and oxygen atoms in total. The van der Waals surface area contributed by atoms with Crippen molar-refractivity contribution in [1.29, 1.82) is 0 Å². The molecule has 0 aliphatic carbocycles. The number of nitrogens with two attached hydrogens (primary N) is 1. The SMILES string of the molecule is CC(C(N)=O)C(=O)NCCc1ccc2c(c1)OCO2. The van der Waals surface area contributed by atoms with Crippen molar-refractivity contribution >= 4 is 11.8 Å². The van der Waals surface area contributed by atoms with Crippen molar-refractivity contribution in [2.75, 3.05) is 13.3 Å². The molecule has 6 heteroatoms. The summed E-state index contributed by atoms with van der Waals surface area (Å²) in [4.78, 5) is 22.3. The second-order valence-corrected chi connectivity index (χ2v) is 4.35. The Morgan fingerprint density at radius 3 is 2.84 bits per heavy atom. The lowest BCUT2D eigenvalue weighted by molar-refractivity contribution is -0.132. The summed E-state index contributed by atoms with van der Waals surface area (Å²) in [5, 5.41) is 2.67. The summed E-state index contributed by atoms with van der Waals surface area (Å²) in [5.74, 6) is -0.338. The van der Waals surface area contributed by atoms with Crippen LogP contribution in [0.25, 0.3) is 0 Å². The van der Waals surface area contributed by atoms with Crippen molar-refractivity contribution in [3.05, 3.63) is 23.8 Å². The molecule has 0 saturated carbocycles. The van der Waals surface area contributed by atoms with Crippen LogP contribution in [0.4, 0.5) is 0 Å². The molecule has 1 aliphatic heterocycles. The Morgan fingerprint density at radius 2 is 2.11 bits per heavy atom. The first-order valence-electron chi connectivity index (χ1n) is 6.03. The lowest BCUT2D eigenvalue weighted by Crippen LogP contribution is -2.37. The summed E-state index contributed by atoms with van der Waals surface area (Å²) >= 11 is 0. The minimum Gasteiger partial charge on any atom is -0.454 e. The van der Waals surface area contributed by atoms with Gasteiger partial charge in [0.1, 0.15) is 5.92 Å². The molecule has 1 aromatic rings. The first kappa shape index (κ1) is 13.2. The molecule has 1 heterocycles. The van der Waals surface area contributed by atoms with Crippen LogP contribution < -0.4 is 20.5 Å². The smallest absolute Gasteiger partial charge is 0.232 e. The highest BCUT2D eigenvalue weighted by Gasteiger charge is 2.18. The fourth-order valence-electron chi connectivity index (χ4n) is 1.71. The molecule has 3 N–H and O–H groups in total. The van der Waals surface area contributed by atoms with Gasteiger partial charge in [0.2, 0.25) is 18.6 Å². The topological polar surface area (TPSA) is 90.7 Å². The Morgan fingerprint density at radius 1 is 1.37 bits per heavy atom. The fourth-order valence-corrected chi connectivity index (χ4v) is 1.71. The monoisotopic (exact) mass is 264 g/mol. The summed E-state index contributed by atoms with van der Waals surface area (Å²) in [7, 11) is 0. The van der Waals surface area contributed by atoms with Crippen LogP contribution in [0.1, 0.15) is 12.5 Å². The van der Waals surface area contributed by atoms with Gasteiger partial charge in [-0.15, -0.1) is 0 Å². The van der Waals surface area contributed by atoms with Crippen molar-refractivity contribution in [2.24, 2.45) is 11.7 Å². The molecule has 0 fully saturated rings. The van der Waals surface area contributed by atoms with Crippen LogP contribution in [0, 0.1) is 5.92 Å². The zero-order valence-corrected chi connectivity index (χ0v) is 10.6. The number of hydrogen-bond donors (Lipinski definition) is 2. The second kappa shape index (κ2) is 5.60. The van der Waals surface area contributed by atoms with Gasteiger partial charge in [-0.05, 0) is 31.0 Å². The van der Waals surface area contributed by atoms with Gasteiger partial charge in [-0.3, -0.25) is 9.59 Å². The predicted octanol–water partition coefficient (Wildman–Crippen LogP) is 0.195. The largest absolute Gasteiger partial charge is 0.454 e. The third kappa shape index (κ3) is 3.15. The molecule has 0 saturated heterocycles. The molecular formula is C13H16N2O4. The highest BCUT2D eigenvalue weighted by Crippen LogP contribution is 2.32. The van der Waals surface area contributed by atoms with Gasteiger partial charge < -0.3 is 20.5 Å². The van der Waals surface area contributed by atoms with E-state index in [-0.39, 0.29) is 12.7 Å². The van der Waals surface area contributed by atoms with E-state index in [1.54, 1.807) is 0 Å². The maximum Gasteiger partial charge on any atom is 0.232 e. The summed E-state index contributed by atoms with van der Waals surface area (Å²) in [6.45, 7) is 2.17. The average Bonchev–Trinajstić information content (AvgIpc) is 2.84. The normalized spacial score (nSPS) is 13.9. The number of hydrogen-bond acceptors (Lipinski definition) is 4. The Kier molecular flexibility index (Phi) is 3.89. The predicted molar refractivity (Wildman–Crippen MR) is 67.6 cm³/mol. The van der Waals surface area contributed by atoms with Gasteiger partial charge in [-0.1, -0.05) is 6.07 Å². The molecular weight excluding hydrogens is 248 g/mol. The summed E-state index contributed by atoms with van der Waals surface area (Å²) in [5.41, 5.74) is 6.08. The first-order valence-corrected chi connectivity index (χ1v) is 6.03. The van der Waals surface area contributed by atoms with E-state index in [0.29, 0.717) is 18.7 Å². The number of benzene rings is 1. The molecule has 1 atom stereocenters. The van der Waals surface area contributed by atoms with Crippen LogP contribution >= 0.6 is 0 Å². The van der Waals surface area contributed by atoms with Gasteiger partial charge in [0.15, 0.2) is 11.5 Å². The molecule has 19 heavy (non-hydrogen) atoms. The van der Waals surface area contributed by atoms with Crippen LogP contribution in [-0.2, 0) is 16.0 Å². The van der Waals surface area contributed by atoms with E-state index >= 15 is 0 Å². The van der Waals surface area contributed by atoms with Gasteiger partial charge in [0, 0.05) is 6.54 Å². The molecule has 0 bridgehead atoms. The molecule has 0 radical (unpaired) electrons. The van der Waals surface area contributed by atoms with Crippen molar-refractivity contribution in [3.63, 3.8) is 0 Å². The van der Waals surface area contributed by atoms with Crippen molar-refractivity contribution in [1.82, 2.24) is 5.32 Å². The Bertz CT molecular complexity index is 501. The van der Waals surface area contributed by atoms with Gasteiger partial charge in [0.25, 0.3) is 0 Å². The van der Waals surface area contributed by atoms with Gasteiger partial charge in [0.05, 0.1) is 0 Å². The summed E-state index contributed by atoms with van der Waals surface area (Å²) in [6, 6.07) is 5.63. The Hall–Kier alpha value is -2.24. The fraction of sp³-hybridized carbons (Fsp3) is 0.385. The third-order valence-corrected chi connectivity index (χ3v) is 2.97. The molecule has 0 spiro atoms. The molecule has 2 rings (SSSR count). The van der Waals surface area contributed by atoms with Crippen molar-refractivity contribution in [3.8, 4) is 11.5 Å². The zero-order chi connectivity index (χ0) is 13.8. The maximum atomic E-state index is 11.5. The van der Waals surface area contributed by atoms with E-state index in [0.717, 1.165) is 11.3 Å². The average molecular weight is 264 g/mol.